The number of ether oxygens (including phenoxy) is 1. The second kappa shape index (κ2) is 5.57. The molecule has 2 aromatic rings. The molecular weight excluding hydrogens is 252 g/mol. The van der Waals surface area contributed by atoms with E-state index in [-0.39, 0.29) is 5.91 Å². The number of nitrogens with zero attached hydrogens (tertiary/aromatic N) is 1. The highest BCUT2D eigenvalue weighted by Gasteiger charge is 2.16. The molecular formula is C16H14N2O2. The minimum absolute atomic E-state index is 0.101. The van der Waals surface area contributed by atoms with Crippen molar-refractivity contribution in [1.82, 2.24) is 10.3 Å². The largest absolute Gasteiger partial charge is 0.488 e. The van der Waals surface area contributed by atoms with Crippen molar-refractivity contribution in [2.24, 2.45) is 0 Å². The van der Waals surface area contributed by atoms with Crippen molar-refractivity contribution in [1.29, 1.82) is 0 Å². The van der Waals surface area contributed by atoms with Crippen LogP contribution in [0.15, 0.2) is 54.4 Å². The van der Waals surface area contributed by atoms with Gasteiger partial charge in [-0.25, -0.2) is 0 Å². The van der Waals surface area contributed by atoms with Gasteiger partial charge in [0.1, 0.15) is 12.4 Å². The lowest BCUT2D eigenvalue weighted by atomic mass is 10.1. The van der Waals surface area contributed by atoms with E-state index in [1.807, 2.05) is 42.5 Å². The fourth-order valence-electron chi connectivity index (χ4n) is 2.04. The Hall–Kier alpha value is -2.62. The molecule has 0 aliphatic carbocycles. The third kappa shape index (κ3) is 2.69. The Morgan fingerprint density at radius 1 is 1.20 bits per heavy atom. The van der Waals surface area contributed by atoms with E-state index in [1.165, 1.54) is 0 Å². The third-order valence-corrected chi connectivity index (χ3v) is 3.13. The minimum Gasteiger partial charge on any atom is -0.488 e. The van der Waals surface area contributed by atoms with Gasteiger partial charge < -0.3 is 10.1 Å². The lowest BCUT2D eigenvalue weighted by molar-refractivity contribution is -0.117. The SMILES string of the molecule is O=C(NCc1ccncc1)C1=Cc2ccccc2OC1. The Morgan fingerprint density at radius 3 is 2.85 bits per heavy atom. The molecule has 4 heteroatoms. The highest BCUT2D eigenvalue weighted by Crippen LogP contribution is 2.25. The second-order valence-corrected chi connectivity index (χ2v) is 4.53. The van der Waals surface area contributed by atoms with Crippen molar-refractivity contribution < 1.29 is 9.53 Å². The summed E-state index contributed by atoms with van der Waals surface area (Å²) in [5.41, 5.74) is 2.59. The number of nitrogens with one attached hydrogen (secondary N) is 1. The first-order chi connectivity index (χ1) is 9.83. The molecule has 0 saturated heterocycles. The van der Waals surface area contributed by atoms with Gasteiger partial charge in [0, 0.05) is 24.5 Å². The number of para-hydroxylation sites is 1. The van der Waals surface area contributed by atoms with E-state index in [0.29, 0.717) is 18.7 Å². The molecule has 20 heavy (non-hydrogen) atoms. The first-order valence-electron chi connectivity index (χ1n) is 6.42. The van der Waals surface area contributed by atoms with Crippen LogP contribution in [0, 0.1) is 0 Å². The summed E-state index contributed by atoms with van der Waals surface area (Å²) in [7, 11) is 0. The number of hydrogen-bond acceptors (Lipinski definition) is 3. The fourth-order valence-corrected chi connectivity index (χ4v) is 2.04. The summed E-state index contributed by atoms with van der Waals surface area (Å²) in [6, 6.07) is 11.4. The molecule has 100 valence electrons. The summed E-state index contributed by atoms with van der Waals surface area (Å²) in [5, 5.41) is 2.88. The fraction of sp³-hybridized carbons (Fsp3) is 0.125. The molecule has 0 radical (unpaired) electrons. The van der Waals surface area contributed by atoms with E-state index < -0.39 is 0 Å². The maximum Gasteiger partial charge on any atom is 0.250 e. The topological polar surface area (TPSA) is 51.2 Å². The van der Waals surface area contributed by atoms with E-state index >= 15 is 0 Å². The highest BCUT2D eigenvalue weighted by molar-refractivity contribution is 5.99. The van der Waals surface area contributed by atoms with Gasteiger partial charge in [0.05, 0.1) is 5.57 Å². The standard InChI is InChI=1S/C16H14N2O2/c19-16(18-10-12-5-7-17-8-6-12)14-9-13-3-1-2-4-15(13)20-11-14/h1-9H,10-11H2,(H,18,19). The number of fused-ring (bicyclic) bond motifs is 1. The number of aromatic nitrogens is 1. The van der Waals surface area contributed by atoms with Crippen LogP contribution in [0.4, 0.5) is 0 Å². The average molecular weight is 266 g/mol. The first kappa shape index (κ1) is 12.4. The van der Waals surface area contributed by atoms with Crippen molar-refractivity contribution in [3.8, 4) is 5.75 Å². The minimum atomic E-state index is -0.101. The summed E-state index contributed by atoms with van der Waals surface area (Å²) in [5.74, 6) is 0.717. The van der Waals surface area contributed by atoms with Gasteiger partial charge >= 0.3 is 0 Å². The molecule has 0 saturated carbocycles. The van der Waals surface area contributed by atoms with Crippen LogP contribution in [0.3, 0.4) is 0 Å². The number of amides is 1. The highest BCUT2D eigenvalue weighted by atomic mass is 16.5. The second-order valence-electron chi connectivity index (χ2n) is 4.53. The molecule has 0 atom stereocenters. The number of pyridine rings is 1. The van der Waals surface area contributed by atoms with Gasteiger partial charge in [-0.2, -0.15) is 0 Å². The summed E-state index contributed by atoms with van der Waals surface area (Å²) in [6.45, 7) is 0.791. The number of benzene rings is 1. The number of carbonyl (C=O) groups excluding carboxylic acids is 1. The monoisotopic (exact) mass is 266 g/mol. The number of hydrogen-bond donors (Lipinski definition) is 1. The van der Waals surface area contributed by atoms with Gasteiger partial charge in [-0.3, -0.25) is 9.78 Å². The predicted molar refractivity (Wildman–Crippen MR) is 76.0 cm³/mol. The number of carbonyl (C=O) groups is 1. The molecule has 1 aliphatic heterocycles. The Morgan fingerprint density at radius 2 is 2.00 bits per heavy atom. The Bertz CT molecular complexity index is 651. The van der Waals surface area contributed by atoms with Gasteiger partial charge in [0.2, 0.25) is 0 Å². The third-order valence-electron chi connectivity index (χ3n) is 3.13. The van der Waals surface area contributed by atoms with Crippen LogP contribution in [0.1, 0.15) is 11.1 Å². The molecule has 0 unspecified atom stereocenters. The summed E-state index contributed by atoms with van der Waals surface area (Å²) < 4.78 is 5.57. The molecule has 1 amide bonds. The van der Waals surface area contributed by atoms with Gasteiger partial charge in [-0.15, -0.1) is 0 Å². The van der Waals surface area contributed by atoms with Gasteiger partial charge in [-0.05, 0) is 29.8 Å². The van der Waals surface area contributed by atoms with E-state index in [1.54, 1.807) is 12.4 Å². The predicted octanol–water partition coefficient (Wildman–Crippen LogP) is 2.17. The average Bonchev–Trinajstić information content (AvgIpc) is 2.53. The van der Waals surface area contributed by atoms with Crippen LogP contribution >= 0.6 is 0 Å². The maximum atomic E-state index is 12.1. The van der Waals surface area contributed by atoms with Crippen LogP contribution in [0.5, 0.6) is 5.75 Å². The van der Waals surface area contributed by atoms with E-state index in [2.05, 4.69) is 10.3 Å². The zero-order chi connectivity index (χ0) is 13.8. The first-order valence-corrected chi connectivity index (χ1v) is 6.42. The van der Waals surface area contributed by atoms with Crippen LogP contribution in [0.2, 0.25) is 0 Å². The molecule has 2 heterocycles. The molecule has 3 rings (SSSR count). The lowest BCUT2D eigenvalue weighted by Gasteiger charge is -2.17. The summed E-state index contributed by atoms with van der Waals surface area (Å²) in [4.78, 5) is 16.0. The van der Waals surface area contributed by atoms with Crippen molar-refractivity contribution in [2.75, 3.05) is 6.61 Å². The molecule has 1 aliphatic rings. The molecule has 0 bridgehead atoms. The van der Waals surface area contributed by atoms with Gasteiger partial charge in [-0.1, -0.05) is 18.2 Å². The lowest BCUT2D eigenvalue weighted by Crippen LogP contribution is -2.28. The number of rotatable bonds is 3. The Kier molecular flexibility index (Phi) is 3.46. The normalized spacial score (nSPS) is 12.9. The van der Waals surface area contributed by atoms with Gasteiger partial charge in [0.25, 0.3) is 5.91 Å². The van der Waals surface area contributed by atoms with E-state index in [0.717, 1.165) is 16.9 Å². The Balaban J connectivity index is 1.68. The molecule has 1 N–H and O–H groups in total. The van der Waals surface area contributed by atoms with E-state index in [4.69, 9.17) is 4.74 Å². The maximum absolute atomic E-state index is 12.1. The van der Waals surface area contributed by atoms with Crippen LogP contribution < -0.4 is 10.1 Å². The summed E-state index contributed by atoms with van der Waals surface area (Å²) in [6.07, 6.45) is 5.29. The van der Waals surface area contributed by atoms with E-state index in [9.17, 15) is 4.79 Å². The molecule has 1 aromatic carbocycles. The van der Waals surface area contributed by atoms with Crippen molar-refractivity contribution >= 4 is 12.0 Å². The zero-order valence-electron chi connectivity index (χ0n) is 10.9. The van der Waals surface area contributed by atoms with Crippen LogP contribution in [0.25, 0.3) is 6.08 Å². The Labute approximate surface area is 117 Å². The van der Waals surface area contributed by atoms with Crippen molar-refractivity contribution in [2.45, 2.75) is 6.54 Å². The van der Waals surface area contributed by atoms with Crippen molar-refractivity contribution in [3.63, 3.8) is 0 Å². The van der Waals surface area contributed by atoms with Crippen molar-refractivity contribution in [3.05, 3.63) is 65.5 Å². The van der Waals surface area contributed by atoms with Crippen LogP contribution in [-0.2, 0) is 11.3 Å². The summed E-state index contributed by atoms with van der Waals surface area (Å²) >= 11 is 0. The molecule has 0 fully saturated rings. The molecule has 4 nitrogen and oxygen atoms in total. The van der Waals surface area contributed by atoms with Crippen LogP contribution in [-0.4, -0.2) is 17.5 Å². The molecule has 1 aromatic heterocycles. The molecule has 0 spiro atoms. The van der Waals surface area contributed by atoms with Gasteiger partial charge in [0.15, 0.2) is 0 Å². The quantitative estimate of drug-likeness (QED) is 0.926. The smallest absolute Gasteiger partial charge is 0.250 e. The zero-order valence-corrected chi connectivity index (χ0v) is 10.9.